The van der Waals surface area contributed by atoms with Gasteiger partial charge in [-0.25, -0.2) is 0 Å². The largest absolute Gasteiger partial charge is 0.326 e. The second-order valence-electron chi connectivity index (χ2n) is 6.62. The van der Waals surface area contributed by atoms with Crippen molar-refractivity contribution in [3.63, 3.8) is 0 Å². The van der Waals surface area contributed by atoms with Crippen molar-refractivity contribution in [1.29, 1.82) is 0 Å². The predicted molar refractivity (Wildman–Crippen MR) is 71.5 cm³/mol. The molecular weight excluding hydrogens is 196 g/mol. The van der Waals surface area contributed by atoms with Gasteiger partial charge < -0.3 is 5.73 Å². The van der Waals surface area contributed by atoms with E-state index in [-0.39, 0.29) is 0 Å². The van der Waals surface area contributed by atoms with Crippen LogP contribution in [-0.4, -0.2) is 30.1 Å². The maximum Gasteiger partial charge on any atom is 0.0252 e. The smallest absolute Gasteiger partial charge is 0.0252 e. The third-order valence-corrected chi connectivity index (χ3v) is 4.77. The van der Waals surface area contributed by atoms with E-state index >= 15 is 0 Å². The van der Waals surface area contributed by atoms with E-state index in [0.29, 0.717) is 29.5 Å². The maximum atomic E-state index is 6.45. The molecule has 1 aliphatic rings. The molecule has 2 nitrogen and oxygen atoms in total. The summed E-state index contributed by atoms with van der Waals surface area (Å²) >= 11 is 0. The van der Waals surface area contributed by atoms with Gasteiger partial charge >= 0.3 is 0 Å². The lowest BCUT2D eigenvalue weighted by Crippen LogP contribution is -2.58. The van der Waals surface area contributed by atoms with Gasteiger partial charge in [-0.2, -0.15) is 0 Å². The molecule has 0 radical (unpaired) electrons. The van der Waals surface area contributed by atoms with Crippen molar-refractivity contribution in [2.75, 3.05) is 7.05 Å². The van der Waals surface area contributed by atoms with Gasteiger partial charge in [-0.3, -0.25) is 4.90 Å². The van der Waals surface area contributed by atoms with E-state index in [2.05, 4.69) is 46.6 Å². The summed E-state index contributed by atoms with van der Waals surface area (Å²) in [4.78, 5) is 2.51. The molecule has 16 heavy (non-hydrogen) atoms. The first-order chi connectivity index (χ1) is 7.27. The molecule has 0 aliphatic heterocycles. The SMILES string of the molecule is CC(C)C(C)N(C)C1CCCC(C)(C)C1N. The number of hydrogen-bond acceptors (Lipinski definition) is 2. The highest BCUT2D eigenvalue weighted by molar-refractivity contribution is 4.96. The highest BCUT2D eigenvalue weighted by atomic mass is 15.2. The molecule has 0 aromatic heterocycles. The summed E-state index contributed by atoms with van der Waals surface area (Å²) < 4.78 is 0. The third-order valence-electron chi connectivity index (χ3n) is 4.77. The van der Waals surface area contributed by atoms with Crippen molar-refractivity contribution in [3.05, 3.63) is 0 Å². The molecule has 0 aromatic rings. The van der Waals surface area contributed by atoms with Crippen LogP contribution >= 0.6 is 0 Å². The average molecular weight is 226 g/mol. The quantitative estimate of drug-likeness (QED) is 0.802. The second kappa shape index (κ2) is 5.05. The van der Waals surface area contributed by atoms with E-state index < -0.39 is 0 Å². The Morgan fingerprint density at radius 2 is 1.81 bits per heavy atom. The van der Waals surface area contributed by atoms with Crippen LogP contribution in [0.5, 0.6) is 0 Å². The molecule has 3 atom stereocenters. The van der Waals surface area contributed by atoms with Crippen LogP contribution in [0.1, 0.15) is 53.9 Å². The third kappa shape index (κ3) is 2.78. The molecule has 1 aliphatic carbocycles. The number of likely N-dealkylation sites (N-methyl/N-ethyl adjacent to an activating group) is 1. The van der Waals surface area contributed by atoms with Gasteiger partial charge in [-0.15, -0.1) is 0 Å². The summed E-state index contributed by atoms with van der Waals surface area (Å²) in [5.74, 6) is 0.697. The molecule has 0 saturated heterocycles. The van der Waals surface area contributed by atoms with Crippen LogP contribution in [0.3, 0.4) is 0 Å². The lowest BCUT2D eigenvalue weighted by Gasteiger charge is -2.47. The molecule has 1 saturated carbocycles. The molecule has 3 unspecified atom stereocenters. The molecule has 2 N–H and O–H groups in total. The van der Waals surface area contributed by atoms with Crippen molar-refractivity contribution in [1.82, 2.24) is 4.90 Å². The molecule has 96 valence electrons. The van der Waals surface area contributed by atoms with Gasteiger partial charge in [-0.1, -0.05) is 34.1 Å². The monoisotopic (exact) mass is 226 g/mol. The van der Waals surface area contributed by atoms with Crippen LogP contribution in [0.25, 0.3) is 0 Å². The van der Waals surface area contributed by atoms with Gasteiger partial charge in [0.25, 0.3) is 0 Å². The first-order valence-corrected chi connectivity index (χ1v) is 6.75. The van der Waals surface area contributed by atoms with E-state index in [1.54, 1.807) is 0 Å². The topological polar surface area (TPSA) is 29.3 Å². The molecule has 0 aromatic carbocycles. The van der Waals surface area contributed by atoms with Crippen LogP contribution < -0.4 is 5.73 Å². The Morgan fingerprint density at radius 1 is 1.25 bits per heavy atom. The van der Waals surface area contributed by atoms with E-state index in [9.17, 15) is 0 Å². The van der Waals surface area contributed by atoms with Crippen molar-refractivity contribution < 1.29 is 0 Å². The van der Waals surface area contributed by atoms with Gasteiger partial charge in [0, 0.05) is 18.1 Å². The fraction of sp³-hybridized carbons (Fsp3) is 1.00. The summed E-state index contributed by atoms with van der Waals surface area (Å²) in [5, 5.41) is 0. The highest BCUT2D eigenvalue weighted by Gasteiger charge is 2.39. The van der Waals surface area contributed by atoms with Crippen molar-refractivity contribution in [3.8, 4) is 0 Å². The second-order valence-corrected chi connectivity index (χ2v) is 6.62. The minimum absolute atomic E-state index is 0.299. The summed E-state index contributed by atoms with van der Waals surface area (Å²) in [7, 11) is 2.25. The molecule has 0 spiro atoms. The Kier molecular flexibility index (Phi) is 4.42. The van der Waals surface area contributed by atoms with Crippen LogP contribution in [0.4, 0.5) is 0 Å². The molecule has 2 heteroatoms. The minimum atomic E-state index is 0.299. The fourth-order valence-electron chi connectivity index (χ4n) is 2.86. The minimum Gasteiger partial charge on any atom is -0.326 e. The normalized spacial score (nSPS) is 32.1. The maximum absolute atomic E-state index is 6.45. The van der Waals surface area contributed by atoms with E-state index in [0.717, 1.165) is 0 Å². The number of rotatable bonds is 3. The van der Waals surface area contributed by atoms with Crippen molar-refractivity contribution in [2.45, 2.75) is 72.0 Å². The first-order valence-electron chi connectivity index (χ1n) is 6.75. The Labute approximate surface area is 102 Å². The highest BCUT2D eigenvalue weighted by Crippen LogP contribution is 2.37. The van der Waals surface area contributed by atoms with Gasteiger partial charge in [0.2, 0.25) is 0 Å². The van der Waals surface area contributed by atoms with E-state index in [4.69, 9.17) is 5.73 Å². The molecule has 0 heterocycles. The molecule has 0 amide bonds. The number of hydrogen-bond donors (Lipinski definition) is 1. The average Bonchev–Trinajstić information content (AvgIpc) is 2.20. The van der Waals surface area contributed by atoms with Crippen molar-refractivity contribution >= 4 is 0 Å². The predicted octanol–water partition coefficient (Wildman–Crippen LogP) is 2.87. The zero-order valence-corrected chi connectivity index (χ0v) is 12.0. The molecular formula is C14H30N2. The summed E-state index contributed by atoms with van der Waals surface area (Å²) in [5.41, 5.74) is 6.75. The number of nitrogens with two attached hydrogens (primary N) is 1. The summed E-state index contributed by atoms with van der Waals surface area (Å²) in [6.45, 7) is 11.5. The van der Waals surface area contributed by atoms with Gasteiger partial charge in [0.1, 0.15) is 0 Å². The van der Waals surface area contributed by atoms with Crippen LogP contribution in [0.2, 0.25) is 0 Å². The van der Waals surface area contributed by atoms with Gasteiger partial charge in [0.15, 0.2) is 0 Å². The van der Waals surface area contributed by atoms with E-state index in [1.165, 1.54) is 19.3 Å². The van der Waals surface area contributed by atoms with Gasteiger partial charge in [0.05, 0.1) is 0 Å². The first kappa shape index (κ1) is 14.0. The van der Waals surface area contributed by atoms with E-state index in [1.807, 2.05) is 0 Å². The summed E-state index contributed by atoms with van der Waals surface area (Å²) in [6, 6.07) is 1.48. The standard InChI is InChI=1S/C14H30N2/c1-10(2)11(3)16(6)12-8-7-9-14(4,5)13(12)15/h10-13H,7-9,15H2,1-6H3. The lowest BCUT2D eigenvalue weighted by atomic mass is 9.70. The van der Waals surface area contributed by atoms with Crippen LogP contribution in [-0.2, 0) is 0 Å². The lowest BCUT2D eigenvalue weighted by molar-refractivity contribution is 0.0497. The Balaban J connectivity index is 2.72. The zero-order valence-electron chi connectivity index (χ0n) is 12.0. The fourth-order valence-corrected chi connectivity index (χ4v) is 2.86. The Morgan fingerprint density at radius 3 is 2.31 bits per heavy atom. The Bertz CT molecular complexity index is 223. The zero-order chi connectivity index (χ0) is 12.5. The van der Waals surface area contributed by atoms with Crippen LogP contribution in [0.15, 0.2) is 0 Å². The Hall–Kier alpha value is -0.0800. The number of nitrogens with zero attached hydrogens (tertiary/aromatic N) is 1. The summed E-state index contributed by atoms with van der Waals surface area (Å²) in [6.07, 6.45) is 3.85. The van der Waals surface area contributed by atoms with Gasteiger partial charge in [-0.05, 0) is 38.1 Å². The molecule has 0 bridgehead atoms. The van der Waals surface area contributed by atoms with Crippen LogP contribution in [0, 0.1) is 11.3 Å². The molecule has 1 fully saturated rings. The van der Waals surface area contributed by atoms with Crippen molar-refractivity contribution in [2.24, 2.45) is 17.1 Å². The molecule has 1 rings (SSSR count).